The Labute approximate surface area is 102 Å². The molecule has 0 unspecified atom stereocenters. The Hall–Kier alpha value is -1.73. The molecular weight excluding hydrogens is 264 g/mol. The lowest BCUT2D eigenvalue weighted by Gasteiger charge is -2.05. The number of nitrogens with one attached hydrogen (secondary N) is 1. The molecule has 96 valence electrons. The molecule has 0 amide bonds. The molecule has 1 aromatic heterocycles. The van der Waals surface area contributed by atoms with Crippen LogP contribution in [-0.2, 0) is 16.6 Å². The van der Waals surface area contributed by atoms with Crippen LogP contribution in [0.1, 0.15) is 5.76 Å². The largest absolute Gasteiger partial charge is 0.468 e. The zero-order valence-electron chi connectivity index (χ0n) is 9.06. The van der Waals surface area contributed by atoms with Crippen molar-refractivity contribution >= 4 is 10.0 Å². The van der Waals surface area contributed by atoms with Gasteiger partial charge in [0.05, 0.1) is 17.7 Å². The molecule has 0 aliphatic rings. The monoisotopic (exact) mass is 273 g/mol. The summed E-state index contributed by atoms with van der Waals surface area (Å²) >= 11 is 0. The smallest absolute Gasteiger partial charge is 0.241 e. The number of hydrogen-bond acceptors (Lipinski definition) is 3. The van der Waals surface area contributed by atoms with Crippen molar-refractivity contribution in [1.82, 2.24) is 4.72 Å². The third-order valence-electron chi connectivity index (χ3n) is 2.22. The maximum absolute atomic E-state index is 12.9. The summed E-state index contributed by atoms with van der Waals surface area (Å²) in [4.78, 5) is -0.340. The standard InChI is InChI=1S/C11H9F2NO3S/c12-10-4-3-9(6-11(10)13)18(15,16)14-7-8-2-1-5-17-8/h1-6,14H,7H2. The molecule has 0 aliphatic heterocycles. The van der Waals surface area contributed by atoms with Crippen LogP contribution in [0.15, 0.2) is 45.9 Å². The first-order valence-electron chi connectivity index (χ1n) is 4.96. The SMILES string of the molecule is O=S(=O)(NCc1ccco1)c1ccc(F)c(F)c1. The molecular formula is C11H9F2NO3S. The Morgan fingerprint density at radius 1 is 1.17 bits per heavy atom. The second kappa shape index (κ2) is 4.87. The summed E-state index contributed by atoms with van der Waals surface area (Å²) in [5.74, 6) is -1.89. The minimum Gasteiger partial charge on any atom is -0.468 e. The van der Waals surface area contributed by atoms with E-state index in [-0.39, 0.29) is 11.4 Å². The van der Waals surface area contributed by atoms with E-state index >= 15 is 0 Å². The molecule has 0 bridgehead atoms. The lowest BCUT2D eigenvalue weighted by Crippen LogP contribution is -2.23. The normalized spacial score (nSPS) is 11.7. The third-order valence-corrected chi connectivity index (χ3v) is 3.62. The second-order valence-electron chi connectivity index (χ2n) is 3.48. The van der Waals surface area contributed by atoms with Gasteiger partial charge in [-0.3, -0.25) is 0 Å². The Balaban J connectivity index is 2.17. The van der Waals surface area contributed by atoms with Crippen LogP contribution in [0.3, 0.4) is 0 Å². The van der Waals surface area contributed by atoms with Crippen LogP contribution in [0.2, 0.25) is 0 Å². The lowest BCUT2D eigenvalue weighted by molar-refractivity contribution is 0.496. The molecule has 18 heavy (non-hydrogen) atoms. The molecule has 1 aromatic carbocycles. The van der Waals surface area contributed by atoms with Crippen molar-refractivity contribution in [3.63, 3.8) is 0 Å². The molecule has 0 saturated carbocycles. The van der Waals surface area contributed by atoms with Crippen LogP contribution in [0.5, 0.6) is 0 Å². The fourth-order valence-electron chi connectivity index (χ4n) is 1.31. The Morgan fingerprint density at radius 2 is 1.94 bits per heavy atom. The van der Waals surface area contributed by atoms with Gasteiger partial charge in [0.15, 0.2) is 11.6 Å². The van der Waals surface area contributed by atoms with E-state index in [9.17, 15) is 17.2 Å². The molecule has 0 spiro atoms. The minimum absolute atomic E-state index is 0.0612. The molecule has 0 atom stereocenters. The quantitative estimate of drug-likeness (QED) is 0.927. The highest BCUT2D eigenvalue weighted by atomic mass is 32.2. The number of hydrogen-bond donors (Lipinski definition) is 1. The summed E-state index contributed by atoms with van der Waals surface area (Å²) in [7, 11) is -3.89. The molecule has 2 aromatic rings. The molecule has 0 radical (unpaired) electrons. The highest BCUT2D eigenvalue weighted by Gasteiger charge is 2.16. The van der Waals surface area contributed by atoms with Gasteiger partial charge < -0.3 is 4.42 Å². The van der Waals surface area contributed by atoms with Gasteiger partial charge in [0.25, 0.3) is 0 Å². The van der Waals surface area contributed by atoms with Gasteiger partial charge in [-0.05, 0) is 30.3 Å². The van der Waals surface area contributed by atoms with Gasteiger partial charge in [0, 0.05) is 0 Å². The van der Waals surface area contributed by atoms with Gasteiger partial charge >= 0.3 is 0 Å². The van der Waals surface area contributed by atoms with E-state index in [2.05, 4.69) is 4.72 Å². The molecule has 1 N–H and O–H groups in total. The van der Waals surface area contributed by atoms with Gasteiger partial charge in [0.1, 0.15) is 5.76 Å². The minimum atomic E-state index is -3.89. The lowest BCUT2D eigenvalue weighted by atomic mass is 10.3. The number of rotatable bonds is 4. The van der Waals surface area contributed by atoms with Crippen molar-refractivity contribution in [2.45, 2.75) is 11.4 Å². The average molecular weight is 273 g/mol. The van der Waals surface area contributed by atoms with Crippen LogP contribution >= 0.6 is 0 Å². The summed E-state index contributed by atoms with van der Waals surface area (Å²) in [6.07, 6.45) is 1.40. The first kappa shape index (κ1) is 12.7. The molecule has 4 nitrogen and oxygen atoms in total. The Kier molecular flexibility index (Phi) is 3.44. The third kappa shape index (κ3) is 2.74. The number of sulfonamides is 1. The van der Waals surface area contributed by atoms with Crippen molar-refractivity contribution in [3.05, 3.63) is 54.0 Å². The van der Waals surface area contributed by atoms with Crippen molar-refractivity contribution in [2.75, 3.05) is 0 Å². The van der Waals surface area contributed by atoms with E-state index in [1.165, 1.54) is 6.26 Å². The van der Waals surface area contributed by atoms with Gasteiger partial charge in [-0.15, -0.1) is 0 Å². The van der Waals surface area contributed by atoms with Gasteiger partial charge in [-0.25, -0.2) is 21.9 Å². The van der Waals surface area contributed by atoms with Gasteiger partial charge in [0.2, 0.25) is 10.0 Å². The highest BCUT2D eigenvalue weighted by Crippen LogP contribution is 2.14. The topological polar surface area (TPSA) is 59.3 Å². The fourth-order valence-corrected chi connectivity index (χ4v) is 2.31. The molecule has 0 aliphatic carbocycles. The van der Waals surface area contributed by atoms with E-state index in [1.54, 1.807) is 12.1 Å². The maximum atomic E-state index is 12.9. The highest BCUT2D eigenvalue weighted by molar-refractivity contribution is 7.89. The van der Waals surface area contributed by atoms with Gasteiger partial charge in [-0.2, -0.15) is 0 Å². The zero-order chi connectivity index (χ0) is 13.2. The summed E-state index contributed by atoms with van der Waals surface area (Å²) in [6.45, 7) is -0.0612. The van der Waals surface area contributed by atoms with Crippen LogP contribution in [0.25, 0.3) is 0 Å². The molecule has 2 rings (SSSR count). The molecule has 0 fully saturated rings. The van der Waals surface area contributed by atoms with Crippen LogP contribution < -0.4 is 4.72 Å². The van der Waals surface area contributed by atoms with Gasteiger partial charge in [-0.1, -0.05) is 0 Å². The van der Waals surface area contributed by atoms with E-state index in [4.69, 9.17) is 4.42 Å². The summed E-state index contributed by atoms with van der Waals surface area (Å²) < 4.78 is 56.3. The van der Waals surface area contributed by atoms with E-state index in [0.717, 1.165) is 12.1 Å². The summed E-state index contributed by atoms with van der Waals surface area (Å²) in [5.41, 5.74) is 0. The predicted molar refractivity (Wildman–Crippen MR) is 59.1 cm³/mol. The van der Waals surface area contributed by atoms with E-state index in [0.29, 0.717) is 11.8 Å². The average Bonchev–Trinajstić information content (AvgIpc) is 2.83. The first-order chi connectivity index (χ1) is 8.49. The van der Waals surface area contributed by atoms with Crippen LogP contribution in [0.4, 0.5) is 8.78 Å². The molecule has 1 heterocycles. The van der Waals surface area contributed by atoms with Crippen molar-refractivity contribution in [2.24, 2.45) is 0 Å². The second-order valence-corrected chi connectivity index (χ2v) is 5.25. The molecule has 7 heteroatoms. The summed E-state index contributed by atoms with van der Waals surface area (Å²) in [5, 5.41) is 0. The fraction of sp³-hybridized carbons (Fsp3) is 0.0909. The Bertz CT molecular complexity index is 638. The maximum Gasteiger partial charge on any atom is 0.241 e. The number of halogens is 2. The Morgan fingerprint density at radius 3 is 2.56 bits per heavy atom. The molecule has 0 saturated heterocycles. The van der Waals surface area contributed by atoms with Crippen LogP contribution in [-0.4, -0.2) is 8.42 Å². The zero-order valence-corrected chi connectivity index (χ0v) is 9.88. The van der Waals surface area contributed by atoms with E-state index in [1.807, 2.05) is 0 Å². The van der Waals surface area contributed by atoms with Crippen LogP contribution in [0, 0.1) is 11.6 Å². The van der Waals surface area contributed by atoms with Crippen molar-refractivity contribution in [1.29, 1.82) is 0 Å². The van der Waals surface area contributed by atoms with Crippen molar-refractivity contribution < 1.29 is 21.6 Å². The van der Waals surface area contributed by atoms with Crippen molar-refractivity contribution in [3.8, 4) is 0 Å². The first-order valence-corrected chi connectivity index (χ1v) is 6.44. The summed E-state index contributed by atoms with van der Waals surface area (Å²) in [6, 6.07) is 5.58. The van der Waals surface area contributed by atoms with E-state index < -0.39 is 21.7 Å². The number of furan rings is 1. The number of benzene rings is 1. The predicted octanol–water partition coefficient (Wildman–Crippen LogP) is 2.04.